The molecule has 2 aromatic carbocycles. The van der Waals surface area contributed by atoms with Crippen LogP contribution >= 0.6 is 12.6 Å². The molecule has 2 aromatic rings. The van der Waals surface area contributed by atoms with Gasteiger partial charge in [-0.3, -0.25) is 4.55 Å². The first-order valence-electron chi connectivity index (χ1n) is 7.20. The third-order valence-electron chi connectivity index (χ3n) is 3.28. The summed E-state index contributed by atoms with van der Waals surface area (Å²) >= 11 is 4.61. The molecule has 0 amide bonds. The Balaban J connectivity index is 0.000000280. The van der Waals surface area contributed by atoms with Gasteiger partial charge < -0.3 is 0 Å². The highest BCUT2D eigenvalue weighted by atomic mass is 32.2. The molecule has 0 spiro atoms. The first-order chi connectivity index (χ1) is 12.6. The maximum Gasteiger partial charge on any atom is 0.461 e. The number of benzene rings is 2. The van der Waals surface area contributed by atoms with Crippen molar-refractivity contribution in [2.45, 2.75) is 22.6 Å². The maximum absolute atomic E-state index is 11.9. The van der Waals surface area contributed by atoms with Crippen LogP contribution in [0.3, 0.4) is 0 Å². The van der Waals surface area contributed by atoms with E-state index in [1.54, 1.807) is 0 Å². The monoisotopic (exact) mass is 450 g/mol. The zero-order chi connectivity index (χ0) is 21.8. The van der Waals surface area contributed by atoms with Gasteiger partial charge in [0.15, 0.2) is 0 Å². The highest BCUT2D eigenvalue weighted by Gasteiger charge is 2.78. The van der Waals surface area contributed by atoms with E-state index in [1.165, 1.54) is 11.1 Å². The predicted molar refractivity (Wildman–Crippen MR) is 91.2 cm³/mol. The zero-order valence-electron chi connectivity index (χ0n) is 13.6. The minimum atomic E-state index is -6.85. The molecule has 0 saturated heterocycles. The molecule has 1 N–H and O–H groups in total. The van der Waals surface area contributed by atoms with Gasteiger partial charge >= 0.3 is 27.5 Å². The molecule has 28 heavy (non-hydrogen) atoms. The molecule has 0 unspecified atom stereocenters. The lowest BCUT2D eigenvalue weighted by Gasteiger charge is -2.25. The van der Waals surface area contributed by atoms with Gasteiger partial charge in [-0.1, -0.05) is 60.7 Å². The average Bonchev–Trinajstić information content (AvgIpc) is 2.61. The van der Waals surface area contributed by atoms with E-state index in [2.05, 4.69) is 36.9 Å². The molecular formula is C16H13F7O3S2. The highest BCUT2D eigenvalue weighted by molar-refractivity contribution is 7.87. The van der Waals surface area contributed by atoms with E-state index in [1.807, 2.05) is 36.4 Å². The van der Waals surface area contributed by atoms with Crippen molar-refractivity contribution in [3.05, 3.63) is 71.8 Å². The summed E-state index contributed by atoms with van der Waals surface area (Å²) in [6.45, 7) is 0. The third-order valence-corrected chi connectivity index (χ3v) is 4.78. The smallest absolute Gasteiger partial charge is 0.281 e. The molecule has 2 rings (SSSR count). The Kier molecular flexibility index (Phi) is 7.53. The lowest BCUT2D eigenvalue weighted by atomic mass is 10.0. The van der Waals surface area contributed by atoms with Crippen molar-refractivity contribution in [1.29, 1.82) is 0 Å². The second kappa shape index (κ2) is 8.70. The number of hydrogen-bond donors (Lipinski definition) is 2. The topological polar surface area (TPSA) is 54.4 Å². The van der Waals surface area contributed by atoms with E-state index >= 15 is 0 Å². The Morgan fingerprint density at radius 1 is 0.750 bits per heavy atom. The van der Waals surface area contributed by atoms with Gasteiger partial charge in [-0.15, -0.1) is 0 Å². The third kappa shape index (κ3) is 5.39. The molecule has 0 aromatic heterocycles. The molecule has 0 aliphatic heterocycles. The van der Waals surface area contributed by atoms with E-state index in [-0.39, 0.29) is 5.25 Å². The molecule has 0 saturated carbocycles. The molecule has 0 aliphatic rings. The summed E-state index contributed by atoms with van der Waals surface area (Å²) in [5.74, 6) is -6.85. The van der Waals surface area contributed by atoms with Gasteiger partial charge in [-0.05, 0) is 11.1 Å². The molecule has 3 nitrogen and oxygen atoms in total. The van der Waals surface area contributed by atoms with Gasteiger partial charge in [-0.2, -0.15) is 51.8 Å². The van der Waals surface area contributed by atoms with Crippen LogP contribution in [0.4, 0.5) is 30.7 Å². The first-order valence-corrected chi connectivity index (χ1v) is 9.16. The van der Waals surface area contributed by atoms with E-state index in [9.17, 15) is 39.2 Å². The number of thiol groups is 1. The molecule has 0 bridgehead atoms. The number of halogens is 7. The zero-order valence-corrected chi connectivity index (χ0v) is 15.3. The van der Waals surface area contributed by atoms with E-state index in [4.69, 9.17) is 4.55 Å². The summed E-state index contributed by atoms with van der Waals surface area (Å²) in [5, 5.41) is -6.43. The van der Waals surface area contributed by atoms with Gasteiger partial charge in [-0.25, -0.2) is 0 Å². The molecule has 0 aliphatic carbocycles. The molecular weight excluding hydrogens is 437 g/mol. The van der Waals surface area contributed by atoms with Crippen molar-refractivity contribution in [2.75, 3.05) is 0 Å². The van der Waals surface area contributed by atoms with Crippen LogP contribution in [0.25, 0.3) is 0 Å². The lowest BCUT2D eigenvalue weighted by molar-refractivity contribution is -0.333. The van der Waals surface area contributed by atoms with Crippen molar-refractivity contribution >= 4 is 22.7 Å². The molecule has 0 atom stereocenters. The summed E-state index contributed by atoms with van der Waals surface area (Å²) in [6, 6.07) is 20.6. The van der Waals surface area contributed by atoms with Crippen molar-refractivity contribution in [2.24, 2.45) is 0 Å². The highest BCUT2D eigenvalue weighted by Crippen LogP contribution is 2.48. The van der Waals surface area contributed by atoms with E-state index in [0.717, 1.165) is 0 Å². The van der Waals surface area contributed by atoms with Crippen LogP contribution in [0.2, 0.25) is 0 Å². The van der Waals surface area contributed by atoms with Crippen LogP contribution in [-0.4, -0.2) is 30.3 Å². The Morgan fingerprint density at radius 2 is 1.07 bits per heavy atom. The van der Waals surface area contributed by atoms with Crippen molar-refractivity contribution in [3.8, 4) is 0 Å². The Hall–Kier alpha value is -1.79. The normalized spacial score (nSPS) is 13.1. The molecule has 156 valence electrons. The van der Waals surface area contributed by atoms with Crippen LogP contribution in [-0.2, 0) is 10.1 Å². The predicted octanol–water partition coefficient (Wildman–Crippen LogP) is 5.37. The second-order valence-electron chi connectivity index (χ2n) is 5.29. The van der Waals surface area contributed by atoms with Gasteiger partial charge in [0, 0.05) is 0 Å². The largest absolute Gasteiger partial charge is 0.461 e. The number of hydrogen-bond acceptors (Lipinski definition) is 3. The van der Waals surface area contributed by atoms with Crippen LogP contribution in [0, 0.1) is 0 Å². The molecule has 0 radical (unpaired) electrons. The Labute approximate surface area is 161 Å². The minimum Gasteiger partial charge on any atom is -0.281 e. The number of rotatable bonds is 4. The second-order valence-corrected chi connectivity index (χ2v) is 7.27. The lowest BCUT2D eigenvalue weighted by Crippen LogP contribution is -2.55. The van der Waals surface area contributed by atoms with Crippen LogP contribution in [0.5, 0.6) is 0 Å². The van der Waals surface area contributed by atoms with Gasteiger partial charge in [0.2, 0.25) is 0 Å². The van der Waals surface area contributed by atoms with E-state index < -0.39 is 27.5 Å². The van der Waals surface area contributed by atoms with Crippen LogP contribution < -0.4 is 0 Å². The maximum atomic E-state index is 11.9. The molecule has 0 fully saturated rings. The summed E-state index contributed by atoms with van der Waals surface area (Å²) in [4.78, 5) is 0. The van der Waals surface area contributed by atoms with Crippen LogP contribution in [0.1, 0.15) is 16.4 Å². The standard InChI is InChI=1S/C13H12S.C3HF7O3S/c14-13(11-7-3-1-4-8-11)12-9-5-2-6-10-12;4-1(5,2(6,7)8)3(9,10)14(11,12)13/h1-10,13-14H;(H,11,12,13). The fourth-order valence-electron chi connectivity index (χ4n) is 1.79. The summed E-state index contributed by atoms with van der Waals surface area (Å²) in [7, 11) is -6.85. The van der Waals surface area contributed by atoms with Crippen LogP contribution in [0.15, 0.2) is 60.7 Å². The fourth-order valence-corrected chi connectivity index (χ4v) is 2.57. The van der Waals surface area contributed by atoms with Crippen molar-refractivity contribution in [1.82, 2.24) is 0 Å². The average molecular weight is 450 g/mol. The quantitative estimate of drug-likeness (QED) is 0.374. The Morgan fingerprint density at radius 3 is 1.29 bits per heavy atom. The van der Waals surface area contributed by atoms with Crippen molar-refractivity contribution in [3.63, 3.8) is 0 Å². The van der Waals surface area contributed by atoms with Crippen molar-refractivity contribution < 1.29 is 43.7 Å². The first kappa shape index (κ1) is 24.2. The van der Waals surface area contributed by atoms with Gasteiger partial charge in [0.25, 0.3) is 0 Å². The summed E-state index contributed by atoms with van der Waals surface area (Å²) in [6.07, 6.45) is -6.79. The minimum absolute atomic E-state index is 0.178. The number of alkyl halides is 7. The fraction of sp³-hybridized carbons (Fsp3) is 0.250. The van der Waals surface area contributed by atoms with Gasteiger partial charge in [0.1, 0.15) is 0 Å². The Bertz CT molecular complexity index is 815. The van der Waals surface area contributed by atoms with Gasteiger partial charge in [0.05, 0.1) is 5.25 Å². The molecule has 0 heterocycles. The molecule has 12 heteroatoms. The summed E-state index contributed by atoms with van der Waals surface area (Å²) < 4.78 is 108. The summed E-state index contributed by atoms with van der Waals surface area (Å²) in [5.41, 5.74) is 2.48. The van der Waals surface area contributed by atoms with E-state index in [0.29, 0.717) is 0 Å². The SMILES string of the molecule is O=S(=O)(O)C(F)(F)C(F)(F)C(F)(F)F.SC(c1ccccc1)c1ccccc1.